The fourth-order valence-corrected chi connectivity index (χ4v) is 2.43. The van der Waals surface area contributed by atoms with E-state index < -0.39 is 0 Å². The Morgan fingerprint density at radius 3 is 2.65 bits per heavy atom. The zero-order chi connectivity index (χ0) is 16.8. The normalized spacial score (nSPS) is 12.0. The third kappa shape index (κ3) is 4.93. The Labute approximate surface area is 140 Å². The standard InChI is InChI=1S/C17H20ClN3O2/c1-3-4-11(2)20-15(22)9-13-10-19-16(21-17(13)23)12-5-7-14(18)8-6-12/h5-8,10-11H,3-4,9H2,1-2H3,(H,20,22)(H,19,21,23)/t11-/m1/s1. The lowest BCUT2D eigenvalue weighted by atomic mass is 10.1. The number of carbonyl (C=O) groups excluding carboxylic acids is 1. The van der Waals surface area contributed by atoms with E-state index in [2.05, 4.69) is 22.2 Å². The van der Waals surface area contributed by atoms with Gasteiger partial charge in [0.05, 0.1) is 6.42 Å². The van der Waals surface area contributed by atoms with Crippen LogP contribution in [0, 0.1) is 0 Å². The van der Waals surface area contributed by atoms with Gasteiger partial charge in [-0.15, -0.1) is 0 Å². The topological polar surface area (TPSA) is 74.8 Å². The first kappa shape index (κ1) is 17.2. The molecule has 1 aromatic carbocycles. The lowest BCUT2D eigenvalue weighted by Crippen LogP contribution is -2.34. The van der Waals surface area contributed by atoms with E-state index in [0.717, 1.165) is 18.4 Å². The molecular weight excluding hydrogens is 314 g/mol. The quantitative estimate of drug-likeness (QED) is 0.853. The number of amides is 1. The van der Waals surface area contributed by atoms with E-state index >= 15 is 0 Å². The van der Waals surface area contributed by atoms with E-state index in [1.807, 2.05) is 6.92 Å². The van der Waals surface area contributed by atoms with Gasteiger partial charge >= 0.3 is 0 Å². The van der Waals surface area contributed by atoms with Crippen LogP contribution in [0.15, 0.2) is 35.3 Å². The summed E-state index contributed by atoms with van der Waals surface area (Å²) in [4.78, 5) is 31.0. The highest BCUT2D eigenvalue weighted by Crippen LogP contribution is 2.16. The van der Waals surface area contributed by atoms with Crippen LogP contribution in [0.2, 0.25) is 5.02 Å². The summed E-state index contributed by atoms with van der Waals surface area (Å²) in [6.45, 7) is 4.01. The van der Waals surface area contributed by atoms with Gasteiger partial charge < -0.3 is 10.3 Å². The van der Waals surface area contributed by atoms with Gasteiger partial charge in [0.1, 0.15) is 5.82 Å². The number of H-pyrrole nitrogens is 1. The summed E-state index contributed by atoms with van der Waals surface area (Å²) in [6, 6.07) is 7.12. The molecule has 0 aliphatic carbocycles. The fourth-order valence-electron chi connectivity index (χ4n) is 2.31. The van der Waals surface area contributed by atoms with Crippen LogP contribution in [0.4, 0.5) is 0 Å². The molecule has 0 unspecified atom stereocenters. The first-order chi connectivity index (χ1) is 11.0. The fraction of sp³-hybridized carbons (Fsp3) is 0.353. The summed E-state index contributed by atoms with van der Waals surface area (Å²) in [7, 11) is 0. The van der Waals surface area contributed by atoms with Gasteiger partial charge in [-0.05, 0) is 37.6 Å². The SMILES string of the molecule is CCC[C@@H](C)NC(=O)Cc1cnc(-c2ccc(Cl)cc2)[nH]c1=O. The Morgan fingerprint density at radius 1 is 1.35 bits per heavy atom. The highest BCUT2D eigenvalue weighted by molar-refractivity contribution is 6.30. The molecule has 0 bridgehead atoms. The molecule has 2 rings (SSSR count). The zero-order valence-electron chi connectivity index (χ0n) is 13.2. The maximum absolute atomic E-state index is 12.1. The van der Waals surface area contributed by atoms with Gasteiger partial charge in [0.25, 0.3) is 5.56 Å². The van der Waals surface area contributed by atoms with E-state index in [0.29, 0.717) is 16.4 Å². The van der Waals surface area contributed by atoms with E-state index in [9.17, 15) is 9.59 Å². The molecular formula is C17H20ClN3O2. The van der Waals surface area contributed by atoms with Crippen molar-refractivity contribution in [1.82, 2.24) is 15.3 Å². The molecule has 1 heterocycles. The number of carbonyl (C=O) groups is 1. The van der Waals surface area contributed by atoms with Crippen LogP contribution in [0.5, 0.6) is 0 Å². The second-order valence-corrected chi connectivity index (χ2v) is 5.96. The van der Waals surface area contributed by atoms with Crippen molar-refractivity contribution < 1.29 is 4.79 Å². The van der Waals surface area contributed by atoms with Crippen LogP contribution in [-0.4, -0.2) is 21.9 Å². The molecule has 0 fully saturated rings. The highest BCUT2D eigenvalue weighted by Gasteiger charge is 2.11. The molecule has 2 N–H and O–H groups in total. The van der Waals surface area contributed by atoms with Crippen molar-refractivity contribution in [3.63, 3.8) is 0 Å². The van der Waals surface area contributed by atoms with Crippen molar-refractivity contribution in [1.29, 1.82) is 0 Å². The predicted molar refractivity (Wildman–Crippen MR) is 91.5 cm³/mol. The largest absolute Gasteiger partial charge is 0.353 e. The van der Waals surface area contributed by atoms with Crippen molar-refractivity contribution >= 4 is 17.5 Å². The molecule has 1 atom stereocenters. The van der Waals surface area contributed by atoms with Gasteiger partial charge in [-0.25, -0.2) is 4.98 Å². The Kier molecular flexibility index (Phi) is 5.93. The van der Waals surface area contributed by atoms with Crippen LogP contribution >= 0.6 is 11.6 Å². The van der Waals surface area contributed by atoms with Crippen LogP contribution in [0.3, 0.4) is 0 Å². The van der Waals surface area contributed by atoms with Crippen LogP contribution in [0.1, 0.15) is 32.3 Å². The minimum atomic E-state index is -0.303. The number of nitrogens with zero attached hydrogens (tertiary/aromatic N) is 1. The van der Waals surface area contributed by atoms with Crippen molar-refractivity contribution in [3.8, 4) is 11.4 Å². The molecule has 2 aromatic rings. The van der Waals surface area contributed by atoms with E-state index in [1.165, 1.54) is 6.20 Å². The number of halogens is 1. The Balaban J connectivity index is 2.09. The molecule has 122 valence electrons. The summed E-state index contributed by atoms with van der Waals surface area (Å²) in [5.74, 6) is 0.285. The van der Waals surface area contributed by atoms with Gasteiger partial charge in [-0.2, -0.15) is 0 Å². The summed E-state index contributed by atoms with van der Waals surface area (Å²) in [6.07, 6.45) is 3.39. The molecule has 0 aliphatic heterocycles. The van der Waals surface area contributed by atoms with Crippen molar-refractivity contribution in [2.75, 3.05) is 0 Å². The molecule has 1 aromatic heterocycles. The molecule has 0 aliphatic rings. The molecule has 5 nitrogen and oxygen atoms in total. The second kappa shape index (κ2) is 7.92. The molecule has 0 spiro atoms. The average Bonchev–Trinajstić information content (AvgIpc) is 2.50. The number of aromatic nitrogens is 2. The molecule has 0 saturated carbocycles. The van der Waals surface area contributed by atoms with Crippen molar-refractivity contribution in [3.05, 3.63) is 51.4 Å². The van der Waals surface area contributed by atoms with Crippen molar-refractivity contribution in [2.24, 2.45) is 0 Å². The number of rotatable bonds is 6. The van der Waals surface area contributed by atoms with E-state index in [-0.39, 0.29) is 23.9 Å². The van der Waals surface area contributed by atoms with Gasteiger partial charge in [-0.3, -0.25) is 9.59 Å². The Hall–Kier alpha value is -2.14. The summed E-state index contributed by atoms with van der Waals surface area (Å²) in [5, 5.41) is 3.49. The van der Waals surface area contributed by atoms with Crippen LogP contribution < -0.4 is 10.9 Å². The maximum Gasteiger partial charge on any atom is 0.254 e. The molecule has 23 heavy (non-hydrogen) atoms. The molecule has 6 heteroatoms. The lowest BCUT2D eigenvalue weighted by molar-refractivity contribution is -0.121. The first-order valence-electron chi connectivity index (χ1n) is 7.63. The number of aromatic amines is 1. The van der Waals surface area contributed by atoms with Gasteiger partial charge in [-0.1, -0.05) is 24.9 Å². The second-order valence-electron chi connectivity index (χ2n) is 5.53. The van der Waals surface area contributed by atoms with E-state index in [1.54, 1.807) is 24.3 Å². The monoisotopic (exact) mass is 333 g/mol. The zero-order valence-corrected chi connectivity index (χ0v) is 14.0. The average molecular weight is 334 g/mol. The summed E-state index contributed by atoms with van der Waals surface area (Å²) >= 11 is 5.84. The summed E-state index contributed by atoms with van der Waals surface area (Å²) < 4.78 is 0. The minimum Gasteiger partial charge on any atom is -0.353 e. The number of nitrogens with one attached hydrogen (secondary N) is 2. The molecule has 0 saturated heterocycles. The Morgan fingerprint density at radius 2 is 2.04 bits per heavy atom. The van der Waals surface area contributed by atoms with Crippen molar-refractivity contribution in [2.45, 2.75) is 39.2 Å². The van der Waals surface area contributed by atoms with Gasteiger partial charge in [0.2, 0.25) is 5.91 Å². The Bertz CT molecular complexity index is 725. The highest BCUT2D eigenvalue weighted by atomic mass is 35.5. The smallest absolute Gasteiger partial charge is 0.254 e. The van der Waals surface area contributed by atoms with Crippen LogP contribution in [-0.2, 0) is 11.2 Å². The van der Waals surface area contributed by atoms with Crippen LogP contribution in [0.25, 0.3) is 11.4 Å². The molecule has 1 amide bonds. The predicted octanol–water partition coefficient (Wildman–Crippen LogP) is 2.94. The van der Waals surface area contributed by atoms with Gasteiger partial charge in [0, 0.05) is 28.4 Å². The maximum atomic E-state index is 12.1. The van der Waals surface area contributed by atoms with E-state index in [4.69, 9.17) is 11.6 Å². The molecule has 0 radical (unpaired) electrons. The summed E-state index contributed by atoms with van der Waals surface area (Å²) in [5.41, 5.74) is 0.811. The third-order valence-electron chi connectivity index (χ3n) is 3.47. The number of hydrogen-bond donors (Lipinski definition) is 2. The minimum absolute atomic E-state index is 0.0251. The lowest BCUT2D eigenvalue weighted by Gasteiger charge is -2.12. The third-order valence-corrected chi connectivity index (χ3v) is 3.72. The number of benzene rings is 1. The van der Waals surface area contributed by atoms with Gasteiger partial charge in [0.15, 0.2) is 0 Å². The first-order valence-corrected chi connectivity index (χ1v) is 8.01. The number of hydrogen-bond acceptors (Lipinski definition) is 3.